The first-order valence-corrected chi connectivity index (χ1v) is 13.6. The molecule has 2 atom stereocenters. The molecule has 1 aliphatic carbocycles. The molecule has 2 aliphatic heterocycles. The molecule has 3 aromatic carbocycles. The molecule has 3 aliphatic rings. The van der Waals surface area contributed by atoms with Crippen LogP contribution in [0.5, 0.6) is 0 Å². The maximum absolute atomic E-state index is 13.4. The van der Waals surface area contributed by atoms with Crippen molar-refractivity contribution in [2.75, 3.05) is 6.61 Å². The summed E-state index contributed by atoms with van der Waals surface area (Å²) in [5, 5.41) is 0. The minimum absolute atomic E-state index is 0.0206. The molecule has 0 saturated carbocycles. The molecular weight excluding hydrogens is 503 g/mol. The van der Waals surface area contributed by atoms with E-state index in [2.05, 4.69) is 24.3 Å². The molecule has 1 amide bonds. The van der Waals surface area contributed by atoms with Crippen LogP contribution in [-0.4, -0.2) is 35.5 Å². The van der Waals surface area contributed by atoms with Crippen LogP contribution in [0.2, 0.25) is 0 Å². The standard InChI is InChI=1S/C32H30F3NO3/c33-32(34,35)22-8-5-7-20(15-22)16-30(37)21-17-23-9-6-10-24(18-21)36(23)31(38)39-19-29-27-13-3-1-11-25(27)26-12-2-4-14-28(26)29/h1-5,7-8,11-15,21,23-24,29H,6,9-10,16-19H2. The highest BCUT2D eigenvalue weighted by Gasteiger charge is 2.44. The number of carbonyl (C=O) groups is 2. The molecule has 3 aromatic rings. The van der Waals surface area contributed by atoms with Crippen LogP contribution in [0.15, 0.2) is 72.8 Å². The van der Waals surface area contributed by atoms with Crippen molar-refractivity contribution in [1.29, 1.82) is 0 Å². The smallest absolute Gasteiger partial charge is 0.416 e. The fourth-order valence-electron chi connectivity index (χ4n) is 6.81. The van der Waals surface area contributed by atoms with Gasteiger partial charge in [0.15, 0.2) is 0 Å². The van der Waals surface area contributed by atoms with Gasteiger partial charge in [-0.15, -0.1) is 0 Å². The third-order valence-corrected chi connectivity index (χ3v) is 8.61. The lowest BCUT2D eigenvalue weighted by atomic mass is 9.76. The third-order valence-electron chi connectivity index (χ3n) is 8.61. The zero-order valence-corrected chi connectivity index (χ0v) is 21.5. The topological polar surface area (TPSA) is 46.6 Å². The second-order valence-electron chi connectivity index (χ2n) is 11.0. The number of alkyl halides is 3. The summed E-state index contributed by atoms with van der Waals surface area (Å²) in [5.74, 6) is -0.348. The number of carbonyl (C=O) groups excluding carboxylic acids is 2. The quantitative estimate of drug-likeness (QED) is 0.343. The van der Waals surface area contributed by atoms with Gasteiger partial charge >= 0.3 is 12.3 Å². The van der Waals surface area contributed by atoms with Gasteiger partial charge in [0.2, 0.25) is 0 Å². The van der Waals surface area contributed by atoms with E-state index in [1.807, 2.05) is 29.2 Å². The highest BCUT2D eigenvalue weighted by atomic mass is 19.4. The Kier molecular flexibility index (Phi) is 6.69. The highest BCUT2D eigenvalue weighted by molar-refractivity contribution is 5.84. The van der Waals surface area contributed by atoms with Crippen LogP contribution in [0, 0.1) is 5.92 Å². The number of nitrogens with zero attached hydrogens (tertiary/aromatic N) is 1. The average Bonchev–Trinajstić information content (AvgIpc) is 3.24. The maximum atomic E-state index is 13.4. The van der Waals surface area contributed by atoms with Crippen LogP contribution in [0.4, 0.5) is 18.0 Å². The summed E-state index contributed by atoms with van der Waals surface area (Å²) in [6, 6.07) is 21.2. The van der Waals surface area contributed by atoms with Gasteiger partial charge < -0.3 is 9.64 Å². The lowest BCUT2D eigenvalue weighted by Crippen LogP contribution is -2.56. The molecule has 2 heterocycles. The number of hydrogen-bond donors (Lipinski definition) is 0. The van der Waals surface area contributed by atoms with E-state index < -0.39 is 11.7 Å². The number of fused-ring (bicyclic) bond motifs is 5. The van der Waals surface area contributed by atoms with Crippen LogP contribution in [0.25, 0.3) is 11.1 Å². The second-order valence-corrected chi connectivity index (χ2v) is 11.0. The van der Waals surface area contributed by atoms with E-state index in [1.54, 1.807) is 6.07 Å². The number of hydrogen-bond acceptors (Lipinski definition) is 3. The lowest BCUT2D eigenvalue weighted by molar-refractivity contribution is -0.137. The molecule has 7 heteroatoms. The maximum Gasteiger partial charge on any atom is 0.416 e. The van der Waals surface area contributed by atoms with Gasteiger partial charge in [-0.3, -0.25) is 4.79 Å². The van der Waals surface area contributed by atoms with Gasteiger partial charge in [-0.2, -0.15) is 13.2 Å². The van der Waals surface area contributed by atoms with Gasteiger partial charge in [0, 0.05) is 30.3 Å². The summed E-state index contributed by atoms with van der Waals surface area (Å²) >= 11 is 0. The summed E-state index contributed by atoms with van der Waals surface area (Å²) < 4.78 is 45.3. The largest absolute Gasteiger partial charge is 0.448 e. The van der Waals surface area contributed by atoms with Crippen LogP contribution >= 0.6 is 0 Å². The Morgan fingerprint density at radius 1 is 0.846 bits per heavy atom. The van der Waals surface area contributed by atoms with Crippen molar-refractivity contribution in [2.24, 2.45) is 5.92 Å². The van der Waals surface area contributed by atoms with Crippen molar-refractivity contribution in [3.05, 3.63) is 95.1 Å². The molecular formula is C32H30F3NO3. The average molecular weight is 534 g/mol. The molecule has 0 aromatic heterocycles. The van der Waals surface area contributed by atoms with Gasteiger partial charge in [-0.25, -0.2) is 4.79 Å². The van der Waals surface area contributed by atoms with E-state index >= 15 is 0 Å². The Morgan fingerprint density at radius 3 is 2.08 bits per heavy atom. The second kappa shape index (κ2) is 10.2. The Balaban J connectivity index is 1.12. The van der Waals surface area contributed by atoms with Crippen molar-refractivity contribution in [2.45, 2.75) is 62.7 Å². The summed E-state index contributed by atoms with van der Waals surface area (Å²) in [4.78, 5) is 28.4. The molecule has 6 rings (SSSR count). The number of rotatable bonds is 5. The first kappa shape index (κ1) is 25.7. The summed E-state index contributed by atoms with van der Waals surface area (Å²) in [5.41, 5.74) is 4.29. The zero-order chi connectivity index (χ0) is 27.1. The van der Waals surface area contributed by atoms with Gasteiger partial charge in [0.25, 0.3) is 0 Å². The Bertz CT molecular complexity index is 1340. The first-order chi connectivity index (χ1) is 18.8. The summed E-state index contributed by atoms with van der Waals surface area (Å²) in [7, 11) is 0. The molecule has 0 N–H and O–H groups in total. The van der Waals surface area contributed by atoms with Crippen LogP contribution in [0.3, 0.4) is 0 Å². The number of piperidine rings is 2. The summed E-state index contributed by atoms with van der Waals surface area (Å²) in [6.45, 7) is 0.251. The third kappa shape index (κ3) is 4.95. The number of amides is 1. The van der Waals surface area contributed by atoms with E-state index in [4.69, 9.17) is 4.74 Å². The normalized spacial score (nSPS) is 22.2. The van der Waals surface area contributed by atoms with E-state index in [0.29, 0.717) is 18.4 Å². The minimum Gasteiger partial charge on any atom is -0.448 e. The number of ether oxygens (including phenoxy) is 1. The molecule has 0 spiro atoms. The fourth-order valence-corrected chi connectivity index (χ4v) is 6.81. The predicted molar refractivity (Wildman–Crippen MR) is 141 cm³/mol. The van der Waals surface area contributed by atoms with Crippen molar-refractivity contribution in [3.63, 3.8) is 0 Å². The first-order valence-electron chi connectivity index (χ1n) is 13.6. The number of halogens is 3. The van der Waals surface area contributed by atoms with E-state index in [1.165, 1.54) is 17.2 Å². The van der Waals surface area contributed by atoms with Gasteiger partial charge in [0.1, 0.15) is 12.4 Å². The monoisotopic (exact) mass is 533 g/mol. The van der Waals surface area contributed by atoms with E-state index in [0.717, 1.165) is 42.5 Å². The minimum atomic E-state index is -4.44. The molecule has 0 radical (unpaired) electrons. The van der Waals surface area contributed by atoms with Gasteiger partial charge in [-0.05, 0) is 66.0 Å². The number of ketones is 1. The zero-order valence-electron chi connectivity index (χ0n) is 21.5. The number of Topliss-reactive ketones (excluding diaryl/α,β-unsaturated/α-hetero) is 1. The van der Waals surface area contributed by atoms with Crippen LogP contribution in [0.1, 0.15) is 60.3 Å². The van der Waals surface area contributed by atoms with Gasteiger partial charge in [-0.1, -0.05) is 66.7 Å². The highest BCUT2D eigenvalue weighted by Crippen LogP contribution is 2.45. The molecule has 2 fully saturated rings. The van der Waals surface area contributed by atoms with Crippen molar-refractivity contribution in [1.82, 2.24) is 4.90 Å². The molecule has 39 heavy (non-hydrogen) atoms. The molecule has 202 valence electrons. The Labute approximate surface area is 225 Å². The van der Waals surface area contributed by atoms with Crippen LogP contribution in [-0.2, 0) is 22.1 Å². The summed E-state index contributed by atoms with van der Waals surface area (Å²) in [6.07, 6.45) is -1.17. The van der Waals surface area contributed by atoms with E-state index in [-0.39, 0.29) is 48.8 Å². The molecule has 2 saturated heterocycles. The molecule has 2 bridgehead atoms. The Hall–Kier alpha value is -3.61. The van der Waals surface area contributed by atoms with Crippen molar-refractivity contribution >= 4 is 11.9 Å². The Morgan fingerprint density at radius 2 is 1.46 bits per heavy atom. The predicted octanol–water partition coefficient (Wildman–Crippen LogP) is 7.40. The number of benzene rings is 3. The SMILES string of the molecule is O=C(Cc1cccc(C(F)(F)F)c1)C1CC2CCCC(C1)N2C(=O)OCC1c2ccccc2-c2ccccc21. The molecule has 2 unspecified atom stereocenters. The van der Waals surface area contributed by atoms with Crippen molar-refractivity contribution in [3.8, 4) is 11.1 Å². The van der Waals surface area contributed by atoms with Gasteiger partial charge in [0.05, 0.1) is 5.56 Å². The van der Waals surface area contributed by atoms with E-state index in [9.17, 15) is 22.8 Å². The molecule has 4 nitrogen and oxygen atoms in total. The van der Waals surface area contributed by atoms with Crippen molar-refractivity contribution < 1.29 is 27.5 Å². The lowest BCUT2D eigenvalue weighted by Gasteiger charge is -2.47. The van der Waals surface area contributed by atoms with Crippen LogP contribution < -0.4 is 0 Å². The fraction of sp³-hybridized carbons (Fsp3) is 0.375.